The van der Waals surface area contributed by atoms with Crippen LogP contribution in [0.1, 0.15) is 37.9 Å². The molecule has 0 atom stereocenters. The van der Waals surface area contributed by atoms with E-state index >= 15 is 0 Å². The van der Waals surface area contributed by atoms with Crippen LogP contribution in [0.4, 0.5) is 0 Å². The second-order valence-corrected chi connectivity index (χ2v) is 5.13. The van der Waals surface area contributed by atoms with E-state index in [1.54, 1.807) is 0 Å². The van der Waals surface area contributed by atoms with Crippen molar-refractivity contribution in [3.63, 3.8) is 0 Å². The second kappa shape index (κ2) is 5.72. The van der Waals surface area contributed by atoms with Crippen molar-refractivity contribution < 1.29 is 5.11 Å². The number of aliphatic hydroxyl groups excluding tert-OH is 1. The molecule has 0 spiro atoms. The van der Waals surface area contributed by atoms with E-state index in [0.717, 1.165) is 24.2 Å². The van der Waals surface area contributed by atoms with Crippen LogP contribution < -0.4 is 5.32 Å². The van der Waals surface area contributed by atoms with Crippen molar-refractivity contribution >= 4 is 5.65 Å². The van der Waals surface area contributed by atoms with Gasteiger partial charge in [-0.3, -0.25) is 0 Å². The van der Waals surface area contributed by atoms with Crippen LogP contribution in [0.5, 0.6) is 0 Å². The molecule has 2 aromatic heterocycles. The Morgan fingerprint density at radius 1 is 1.37 bits per heavy atom. The number of rotatable bonds is 6. The van der Waals surface area contributed by atoms with Gasteiger partial charge in [0.2, 0.25) is 0 Å². The lowest BCUT2D eigenvalue weighted by atomic mass is 9.94. The molecule has 2 aromatic rings. The highest BCUT2D eigenvalue weighted by atomic mass is 16.3. The number of aryl methyl sites for hydroxylation is 1. The Kier molecular flexibility index (Phi) is 4.22. The van der Waals surface area contributed by atoms with Gasteiger partial charge in [0.25, 0.3) is 0 Å². The van der Waals surface area contributed by atoms with E-state index in [0.29, 0.717) is 6.54 Å². The molecule has 0 saturated carbocycles. The molecule has 4 heteroatoms. The first kappa shape index (κ1) is 14.0. The second-order valence-electron chi connectivity index (χ2n) is 5.13. The number of fused-ring (bicyclic) bond motifs is 1. The minimum atomic E-state index is -0.187. The van der Waals surface area contributed by atoms with Gasteiger partial charge in [0, 0.05) is 18.3 Å². The summed E-state index contributed by atoms with van der Waals surface area (Å²) in [6.07, 6.45) is 5.76. The third kappa shape index (κ3) is 2.65. The molecule has 0 bridgehead atoms. The van der Waals surface area contributed by atoms with Gasteiger partial charge in [-0.1, -0.05) is 19.9 Å². The molecule has 0 fully saturated rings. The SMILES string of the molecule is CCC(CC)(CO)NCc1cnc2c(C)cccn12. The lowest BCUT2D eigenvalue weighted by Gasteiger charge is -2.30. The fourth-order valence-corrected chi connectivity index (χ4v) is 2.39. The molecule has 4 nitrogen and oxygen atoms in total. The highest BCUT2D eigenvalue weighted by molar-refractivity contribution is 5.48. The number of nitrogens with one attached hydrogen (secondary N) is 1. The van der Waals surface area contributed by atoms with Gasteiger partial charge >= 0.3 is 0 Å². The first-order valence-corrected chi connectivity index (χ1v) is 6.93. The number of imidazole rings is 1. The average molecular weight is 261 g/mol. The average Bonchev–Trinajstić information content (AvgIpc) is 2.86. The Morgan fingerprint density at radius 3 is 2.74 bits per heavy atom. The van der Waals surface area contributed by atoms with Gasteiger partial charge in [0.15, 0.2) is 0 Å². The molecule has 2 heterocycles. The van der Waals surface area contributed by atoms with Crippen molar-refractivity contribution in [2.24, 2.45) is 0 Å². The van der Waals surface area contributed by atoms with Crippen LogP contribution >= 0.6 is 0 Å². The number of pyridine rings is 1. The number of nitrogens with zero attached hydrogens (tertiary/aromatic N) is 2. The standard InChI is InChI=1S/C15H23N3O/c1-4-15(5-2,11-19)17-10-13-9-16-14-12(3)7-6-8-18(13)14/h6-9,17,19H,4-5,10-11H2,1-3H3. The topological polar surface area (TPSA) is 49.6 Å². The molecule has 0 amide bonds. The Balaban J connectivity index is 2.20. The van der Waals surface area contributed by atoms with Crippen molar-refractivity contribution in [1.29, 1.82) is 0 Å². The Labute approximate surface area is 114 Å². The predicted molar refractivity (Wildman–Crippen MR) is 77.2 cm³/mol. The summed E-state index contributed by atoms with van der Waals surface area (Å²) >= 11 is 0. The van der Waals surface area contributed by atoms with Gasteiger partial charge in [0.05, 0.1) is 18.5 Å². The molecule has 0 aliphatic carbocycles. The first-order chi connectivity index (χ1) is 9.15. The molecule has 0 saturated heterocycles. The number of aromatic nitrogens is 2. The van der Waals surface area contributed by atoms with Gasteiger partial charge in [-0.05, 0) is 31.4 Å². The van der Waals surface area contributed by atoms with Gasteiger partial charge < -0.3 is 14.8 Å². The molecule has 0 aliphatic rings. The fourth-order valence-electron chi connectivity index (χ4n) is 2.39. The third-order valence-corrected chi connectivity index (χ3v) is 4.11. The number of aliphatic hydroxyl groups is 1. The molecule has 2 N–H and O–H groups in total. The fraction of sp³-hybridized carbons (Fsp3) is 0.533. The highest BCUT2D eigenvalue weighted by Gasteiger charge is 2.24. The lowest BCUT2D eigenvalue weighted by molar-refractivity contribution is 0.149. The zero-order chi connectivity index (χ0) is 13.9. The van der Waals surface area contributed by atoms with Crippen LogP contribution in [-0.2, 0) is 6.54 Å². The van der Waals surface area contributed by atoms with E-state index in [-0.39, 0.29) is 12.1 Å². The van der Waals surface area contributed by atoms with Crippen LogP contribution in [0.2, 0.25) is 0 Å². The third-order valence-electron chi connectivity index (χ3n) is 4.11. The van der Waals surface area contributed by atoms with E-state index in [2.05, 4.69) is 41.5 Å². The lowest BCUT2D eigenvalue weighted by Crippen LogP contribution is -2.47. The summed E-state index contributed by atoms with van der Waals surface area (Å²) in [5.41, 5.74) is 3.11. The normalized spacial score (nSPS) is 12.2. The summed E-state index contributed by atoms with van der Waals surface area (Å²) in [6.45, 7) is 7.15. The van der Waals surface area contributed by atoms with E-state index in [9.17, 15) is 5.11 Å². The van der Waals surface area contributed by atoms with Crippen LogP contribution in [0, 0.1) is 6.92 Å². The molecular weight excluding hydrogens is 238 g/mol. The van der Waals surface area contributed by atoms with E-state index < -0.39 is 0 Å². The monoisotopic (exact) mass is 261 g/mol. The highest BCUT2D eigenvalue weighted by Crippen LogP contribution is 2.16. The van der Waals surface area contributed by atoms with Crippen LogP contribution in [0.15, 0.2) is 24.5 Å². The summed E-state index contributed by atoms with van der Waals surface area (Å²) in [4.78, 5) is 4.46. The zero-order valence-corrected chi connectivity index (χ0v) is 12.0. The summed E-state index contributed by atoms with van der Waals surface area (Å²) in [5.74, 6) is 0. The predicted octanol–water partition coefficient (Wildman–Crippen LogP) is 2.28. The minimum absolute atomic E-state index is 0.162. The molecule has 0 aliphatic heterocycles. The van der Waals surface area contributed by atoms with Crippen molar-refractivity contribution in [3.8, 4) is 0 Å². The molecule has 0 aromatic carbocycles. The smallest absolute Gasteiger partial charge is 0.139 e. The Bertz CT molecular complexity index is 535. The quantitative estimate of drug-likeness (QED) is 0.838. The van der Waals surface area contributed by atoms with Crippen LogP contribution in [0.25, 0.3) is 5.65 Å². The van der Waals surface area contributed by atoms with Crippen molar-refractivity contribution in [1.82, 2.24) is 14.7 Å². The molecule has 19 heavy (non-hydrogen) atoms. The van der Waals surface area contributed by atoms with Crippen molar-refractivity contribution in [2.45, 2.75) is 45.7 Å². The maximum Gasteiger partial charge on any atom is 0.139 e. The van der Waals surface area contributed by atoms with Crippen molar-refractivity contribution in [3.05, 3.63) is 35.8 Å². The number of hydrogen-bond acceptors (Lipinski definition) is 3. The molecule has 0 unspecified atom stereocenters. The maximum absolute atomic E-state index is 9.58. The van der Waals surface area contributed by atoms with Crippen molar-refractivity contribution in [2.75, 3.05) is 6.61 Å². The van der Waals surface area contributed by atoms with Gasteiger partial charge in [0.1, 0.15) is 5.65 Å². The molecular formula is C15H23N3O. The summed E-state index contributed by atoms with van der Waals surface area (Å²) in [6, 6.07) is 4.10. The summed E-state index contributed by atoms with van der Waals surface area (Å²) in [5, 5.41) is 13.1. The molecule has 0 radical (unpaired) electrons. The molecule has 2 rings (SSSR count). The Hall–Kier alpha value is -1.39. The van der Waals surface area contributed by atoms with Gasteiger partial charge in [-0.25, -0.2) is 4.98 Å². The Morgan fingerprint density at radius 2 is 2.11 bits per heavy atom. The minimum Gasteiger partial charge on any atom is -0.394 e. The van der Waals surface area contributed by atoms with E-state index in [1.807, 2.05) is 18.5 Å². The van der Waals surface area contributed by atoms with Gasteiger partial charge in [-0.15, -0.1) is 0 Å². The maximum atomic E-state index is 9.58. The van der Waals surface area contributed by atoms with Crippen LogP contribution in [-0.4, -0.2) is 26.6 Å². The summed E-state index contributed by atoms with van der Waals surface area (Å²) in [7, 11) is 0. The summed E-state index contributed by atoms with van der Waals surface area (Å²) < 4.78 is 2.11. The first-order valence-electron chi connectivity index (χ1n) is 6.93. The molecule has 104 valence electrons. The zero-order valence-electron chi connectivity index (χ0n) is 12.0. The largest absolute Gasteiger partial charge is 0.394 e. The van der Waals surface area contributed by atoms with Gasteiger partial charge in [-0.2, -0.15) is 0 Å². The number of hydrogen-bond donors (Lipinski definition) is 2. The van der Waals surface area contributed by atoms with E-state index in [4.69, 9.17) is 0 Å². The van der Waals surface area contributed by atoms with Crippen LogP contribution in [0.3, 0.4) is 0 Å². The van der Waals surface area contributed by atoms with E-state index in [1.165, 1.54) is 5.56 Å².